The molecule has 0 bridgehead atoms. The molecule has 1 fully saturated rings. The summed E-state index contributed by atoms with van der Waals surface area (Å²) in [7, 11) is 0. The van der Waals surface area contributed by atoms with E-state index in [1.165, 1.54) is 0 Å². The molecule has 6 heteroatoms. The molecule has 2 rings (SSSR count). The number of nitrogens with zero attached hydrogens (tertiary/aromatic N) is 1. The molecule has 1 aromatic rings. The molecule has 1 aliphatic rings. The Morgan fingerprint density at radius 1 is 1.35 bits per heavy atom. The number of hydrogen-bond donors (Lipinski definition) is 3. The second-order valence-electron chi connectivity index (χ2n) is 6.45. The van der Waals surface area contributed by atoms with Crippen molar-refractivity contribution in [3.05, 3.63) is 35.4 Å². The van der Waals surface area contributed by atoms with Crippen molar-refractivity contribution in [1.82, 2.24) is 15.5 Å². The molecule has 6 nitrogen and oxygen atoms in total. The van der Waals surface area contributed by atoms with Crippen LogP contribution in [0.3, 0.4) is 0 Å². The predicted octanol–water partition coefficient (Wildman–Crippen LogP) is 1.30. The Bertz CT molecular complexity index is 565. The molecule has 0 aliphatic carbocycles. The molecule has 4 N–H and O–H groups in total. The number of rotatable bonds is 4. The minimum absolute atomic E-state index is 0.0328. The largest absolute Gasteiger partial charge is 0.352 e. The van der Waals surface area contributed by atoms with Crippen LogP contribution in [0.1, 0.15) is 37.4 Å². The molecule has 1 heterocycles. The lowest BCUT2D eigenvalue weighted by atomic mass is 10.0. The van der Waals surface area contributed by atoms with E-state index in [-0.39, 0.29) is 24.4 Å². The van der Waals surface area contributed by atoms with Crippen molar-refractivity contribution < 1.29 is 9.59 Å². The number of urea groups is 1. The van der Waals surface area contributed by atoms with Gasteiger partial charge in [0.25, 0.3) is 0 Å². The van der Waals surface area contributed by atoms with Gasteiger partial charge in [0.2, 0.25) is 5.91 Å². The van der Waals surface area contributed by atoms with Crippen LogP contribution >= 0.6 is 0 Å². The molecular formula is C17H26N4O2. The Morgan fingerprint density at radius 3 is 2.57 bits per heavy atom. The number of piperazine rings is 1. The number of carbonyl (C=O) groups is 2. The first-order valence-electron chi connectivity index (χ1n) is 8.01. The Kier molecular flexibility index (Phi) is 5.60. The van der Waals surface area contributed by atoms with E-state index in [4.69, 9.17) is 5.73 Å². The third kappa shape index (κ3) is 4.96. The van der Waals surface area contributed by atoms with Gasteiger partial charge in [-0.05, 0) is 26.3 Å². The number of hydrogen-bond acceptors (Lipinski definition) is 3. The number of aryl methyl sites for hydroxylation is 1. The summed E-state index contributed by atoms with van der Waals surface area (Å²) in [4.78, 5) is 25.8. The van der Waals surface area contributed by atoms with Gasteiger partial charge in [0, 0.05) is 25.2 Å². The quantitative estimate of drug-likeness (QED) is 0.782. The van der Waals surface area contributed by atoms with Crippen molar-refractivity contribution in [2.75, 3.05) is 13.1 Å². The predicted molar refractivity (Wildman–Crippen MR) is 89.9 cm³/mol. The average molecular weight is 318 g/mol. The molecule has 1 saturated heterocycles. The summed E-state index contributed by atoms with van der Waals surface area (Å²) < 4.78 is 0. The van der Waals surface area contributed by atoms with Crippen LogP contribution in [-0.4, -0.2) is 42.0 Å². The van der Waals surface area contributed by atoms with E-state index in [9.17, 15) is 9.59 Å². The number of carbonyl (C=O) groups excluding carboxylic acids is 2. The van der Waals surface area contributed by atoms with Crippen LogP contribution in [0.5, 0.6) is 0 Å². The van der Waals surface area contributed by atoms with Gasteiger partial charge in [-0.3, -0.25) is 4.79 Å². The smallest absolute Gasteiger partial charge is 0.312 e. The fourth-order valence-electron chi connectivity index (χ4n) is 3.14. The van der Waals surface area contributed by atoms with Crippen molar-refractivity contribution in [1.29, 1.82) is 0 Å². The van der Waals surface area contributed by atoms with Crippen LogP contribution in [0, 0.1) is 6.92 Å². The van der Waals surface area contributed by atoms with E-state index < -0.39 is 12.1 Å². The zero-order chi connectivity index (χ0) is 17.0. The fraction of sp³-hybridized carbons (Fsp3) is 0.529. The molecule has 0 spiro atoms. The highest BCUT2D eigenvalue weighted by atomic mass is 16.2. The van der Waals surface area contributed by atoms with Gasteiger partial charge in [-0.1, -0.05) is 29.8 Å². The summed E-state index contributed by atoms with van der Waals surface area (Å²) in [5, 5.41) is 6.10. The number of nitrogens with two attached hydrogens (primary N) is 1. The van der Waals surface area contributed by atoms with Crippen LogP contribution in [-0.2, 0) is 4.79 Å². The zero-order valence-electron chi connectivity index (χ0n) is 14.0. The summed E-state index contributed by atoms with van der Waals surface area (Å²) in [5.41, 5.74) is 7.26. The van der Waals surface area contributed by atoms with Gasteiger partial charge in [0.1, 0.15) is 0 Å². The van der Waals surface area contributed by atoms with Gasteiger partial charge < -0.3 is 21.3 Å². The zero-order valence-corrected chi connectivity index (χ0v) is 14.0. The second kappa shape index (κ2) is 7.46. The van der Waals surface area contributed by atoms with Crippen LogP contribution in [0.25, 0.3) is 0 Å². The SMILES string of the molecule is Cc1cccc([C@H](CC(=O)N2C[C@@H](C)N[C@@H](C)C2)NC(N)=O)c1. The van der Waals surface area contributed by atoms with E-state index in [0.717, 1.165) is 11.1 Å². The van der Waals surface area contributed by atoms with Gasteiger partial charge in [0.05, 0.1) is 12.5 Å². The van der Waals surface area contributed by atoms with Gasteiger partial charge in [-0.15, -0.1) is 0 Å². The number of benzene rings is 1. The molecule has 3 amide bonds. The highest BCUT2D eigenvalue weighted by molar-refractivity contribution is 5.79. The first-order chi connectivity index (χ1) is 10.8. The van der Waals surface area contributed by atoms with Crippen LogP contribution in [0.15, 0.2) is 24.3 Å². The van der Waals surface area contributed by atoms with E-state index in [0.29, 0.717) is 13.1 Å². The molecule has 23 heavy (non-hydrogen) atoms. The van der Waals surface area contributed by atoms with E-state index in [2.05, 4.69) is 24.5 Å². The standard InChI is InChI=1S/C17H26N4O2/c1-11-5-4-6-14(7-11)15(20-17(18)23)8-16(22)21-9-12(2)19-13(3)10-21/h4-7,12-13,15,19H,8-10H2,1-3H3,(H3,18,20,23)/t12-,13+,15-/m0/s1. The molecule has 1 aliphatic heterocycles. The average Bonchev–Trinajstić information content (AvgIpc) is 2.45. The summed E-state index contributed by atoms with van der Waals surface area (Å²) >= 11 is 0. The summed E-state index contributed by atoms with van der Waals surface area (Å²) in [5.74, 6) is 0.0328. The van der Waals surface area contributed by atoms with Gasteiger partial charge in [-0.2, -0.15) is 0 Å². The molecule has 3 atom stereocenters. The Morgan fingerprint density at radius 2 is 2.00 bits per heavy atom. The van der Waals surface area contributed by atoms with E-state index >= 15 is 0 Å². The topological polar surface area (TPSA) is 87.5 Å². The third-order valence-corrected chi connectivity index (χ3v) is 4.05. The fourth-order valence-corrected chi connectivity index (χ4v) is 3.14. The van der Waals surface area contributed by atoms with Crippen LogP contribution in [0.4, 0.5) is 4.79 Å². The molecule has 0 unspecified atom stereocenters. The van der Waals surface area contributed by atoms with E-state index in [1.807, 2.05) is 36.1 Å². The summed E-state index contributed by atoms with van der Waals surface area (Å²) in [6.45, 7) is 7.47. The monoisotopic (exact) mass is 318 g/mol. The maximum atomic E-state index is 12.6. The molecule has 1 aromatic carbocycles. The first-order valence-corrected chi connectivity index (χ1v) is 8.01. The maximum absolute atomic E-state index is 12.6. The maximum Gasteiger partial charge on any atom is 0.312 e. The third-order valence-electron chi connectivity index (χ3n) is 4.05. The Balaban J connectivity index is 2.11. The van der Waals surface area contributed by atoms with Gasteiger partial charge in [0.15, 0.2) is 0 Å². The Labute approximate surface area is 137 Å². The minimum atomic E-state index is -0.619. The lowest BCUT2D eigenvalue weighted by molar-refractivity contribution is -0.133. The van der Waals surface area contributed by atoms with Gasteiger partial charge in [-0.25, -0.2) is 4.79 Å². The van der Waals surface area contributed by atoms with Crippen molar-refractivity contribution in [3.63, 3.8) is 0 Å². The van der Waals surface area contributed by atoms with Crippen molar-refractivity contribution >= 4 is 11.9 Å². The molecule has 0 radical (unpaired) electrons. The molecular weight excluding hydrogens is 292 g/mol. The molecule has 0 aromatic heterocycles. The number of amides is 3. The molecule has 0 saturated carbocycles. The summed E-state index contributed by atoms with van der Waals surface area (Å²) in [6.07, 6.45) is 0.214. The Hall–Kier alpha value is -2.08. The van der Waals surface area contributed by atoms with E-state index in [1.54, 1.807) is 0 Å². The van der Waals surface area contributed by atoms with Crippen LogP contribution < -0.4 is 16.4 Å². The van der Waals surface area contributed by atoms with Gasteiger partial charge >= 0.3 is 6.03 Å². The number of primary amides is 1. The minimum Gasteiger partial charge on any atom is -0.352 e. The molecule has 126 valence electrons. The number of nitrogens with one attached hydrogen (secondary N) is 2. The van der Waals surface area contributed by atoms with Crippen molar-refractivity contribution in [2.24, 2.45) is 5.73 Å². The highest BCUT2D eigenvalue weighted by Crippen LogP contribution is 2.20. The first kappa shape index (κ1) is 17.3. The van der Waals surface area contributed by atoms with Crippen molar-refractivity contribution in [3.8, 4) is 0 Å². The highest BCUT2D eigenvalue weighted by Gasteiger charge is 2.27. The van der Waals surface area contributed by atoms with Crippen molar-refractivity contribution in [2.45, 2.75) is 45.3 Å². The lowest BCUT2D eigenvalue weighted by Crippen LogP contribution is -2.56. The second-order valence-corrected chi connectivity index (χ2v) is 6.45. The normalized spacial score (nSPS) is 22.5. The van der Waals surface area contributed by atoms with Crippen LogP contribution in [0.2, 0.25) is 0 Å². The summed E-state index contributed by atoms with van der Waals surface area (Å²) in [6, 6.07) is 7.28. The lowest BCUT2D eigenvalue weighted by Gasteiger charge is -2.37.